The van der Waals surface area contributed by atoms with Gasteiger partial charge >= 0.3 is 5.97 Å². The summed E-state index contributed by atoms with van der Waals surface area (Å²) in [5.74, 6) is -0.196. The van der Waals surface area contributed by atoms with E-state index in [0.717, 1.165) is 8.95 Å². The molecule has 0 unspecified atom stereocenters. The van der Waals surface area contributed by atoms with Gasteiger partial charge in [-0.2, -0.15) is 0 Å². The fraction of sp³-hybridized carbons (Fsp3) is 0.143. The molecule has 0 saturated carbocycles. The number of carbonyl (C=O) groups is 1. The van der Waals surface area contributed by atoms with Gasteiger partial charge in [-0.1, -0.05) is 0 Å². The maximum absolute atomic E-state index is 10.7. The molecule has 1 aromatic heterocycles. The van der Waals surface area contributed by atoms with Crippen molar-refractivity contribution in [1.29, 1.82) is 0 Å². The summed E-state index contributed by atoms with van der Waals surface area (Å²) >= 11 is 13.1. The number of ether oxygens (including phenoxy) is 1. The summed E-state index contributed by atoms with van der Waals surface area (Å²) in [7, 11) is 0. The Kier molecular flexibility index (Phi) is 4.55. The quantitative estimate of drug-likeness (QED) is 0.477. The molecule has 0 spiro atoms. The van der Waals surface area contributed by atoms with Crippen LogP contribution >= 0.6 is 63.7 Å². The topological polar surface area (TPSA) is 39.2 Å². The van der Waals surface area contributed by atoms with Gasteiger partial charge in [0.25, 0.3) is 0 Å². The highest BCUT2D eigenvalue weighted by molar-refractivity contribution is 9.15. The number of esters is 1. The van der Waals surface area contributed by atoms with Crippen molar-refractivity contribution in [2.75, 3.05) is 0 Å². The summed E-state index contributed by atoms with van der Waals surface area (Å²) in [6.07, 6.45) is 0. The molecular formula is C7H3Br4NO2. The van der Waals surface area contributed by atoms with E-state index < -0.39 is 5.97 Å². The van der Waals surface area contributed by atoms with Crippen molar-refractivity contribution in [2.24, 2.45) is 0 Å². The second-order valence-corrected chi connectivity index (χ2v) is 5.37. The average Bonchev–Trinajstić information content (AvgIpc) is 2.10. The Labute approximate surface area is 114 Å². The molecule has 1 rings (SSSR count). The van der Waals surface area contributed by atoms with Crippen LogP contribution in [0, 0.1) is 0 Å². The van der Waals surface area contributed by atoms with E-state index in [9.17, 15) is 4.79 Å². The molecule has 0 aliphatic carbocycles. The normalized spacial score (nSPS) is 10.1. The fourth-order valence-electron chi connectivity index (χ4n) is 0.672. The minimum Gasteiger partial charge on any atom is -0.406 e. The minimum absolute atomic E-state index is 0.222. The Morgan fingerprint density at radius 1 is 1.14 bits per heavy atom. The standard InChI is InChI=1S/C7H3Br4NO2/c1-2(13)14-7-5(10)3(8)4(9)6(11)12-7/h1H3. The lowest BCUT2D eigenvalue weighted by molar-refractivity contribution is -0.132. The van der Waals surface area contributed by atoms with Crippen molar-refractivity contribution < 1.29 is 9.53 Å². The second-order valence-electron chi connectivity index (χ2n) is 2.24. The van der Waals surface area contributed by atoms with Gasteiger partial charge in [0.15, 0.2) is 0 Å². The Hall–Kier alpha value is 0.540. The summed E-state index contributed by atoms with van der Waals surface area (Å²) in [6, 6.07) is 0. The molecule has 0 radical (unpaired) electrons. The lowest BCUT2D eigenvalue weighted by atomic mass is 10.5. The van der Waals surface area contributed by atoms with Gasteiger partial charge in [-0.25, -0.2) is 4.98 Å². The molecule has 0 aliphatic rings. The molecule has 1 aromatic rings. The van der Waals surface area contributed by atoms with E-state index in [1.54, 1.807) is 0 Å². The Morgan fingerprint density at radius 3 is 2.21 bits per heavy atom. The molecule has 7 heteroatoms. The van der Waals surface area contributed by atoms with Crippen LogP contribution in [0.2, 0.25) is 0 Å². The largest absolute Gasteiger partial charge is 0.406 e. The van der Waals surface area contributed by atoms with Crippen molar-refractivity contribution in [3.05, 3.63) is 18.0 Å². The van der Waals surface area contributed by atoms with E-state index in [2.05, 4.69) is 68.7 Å². The zero-order valence-electron chi connectivity index (χ0n) is 6.78. The van der Waals surface area contributed by atoms with E-state index in [0.29, 0.717) is 9.08 Å². The van der Waals surface area contributed by atoms with Gasteiger partial charge in [0.2, 0.25) is 5.88 Å². The van der Waals surface area contributed by atoms with Crippen LogP contribution in [-0.2, 0) is 4.79 Å². The average molecular weight is 453 g/mol. The maximum atomic E-state index is 10.7. The Morgan fingerprint density at radius 2 is 1.71 bits per heavy atom. The molecule has 0 aliphatic heterocycles. The molecule has 0 atom stereocenters. The van der Waals surface area contributed by atoms with E-state index in [1.807, 2.05) is 0 Å². The Bertz CT molecular complexity index is 394. The van der Waals surface area contributed by atoms with Crippen molar-refractivity contribution in [1.82, 2.24) is 4.98 Å². The predicted octanol–water partition coefficient (Wildman–Crippen LogP) is 4.06. The van der Waals surface area contributed by atoms with Gasteiger partial charge in [-0.05, 0) is 63.7 Å². The lowest BCUT2D eigenvalue weighted by Crippen LogP contribution is -2.04. The minimum atomic E-state index is -0.417. The monoisotopic (exact) mass is 449 g/mol. The number of carbonyl (C=O) groups excluding carboxylic acids is 1. The zero-order valence-corrected chi connectivity index (χ0v) is 13.1. The smallest absolute Gasteiger partial charge is 0.309 e. The third kappa shape index (κ3) is 2.77. The lowest BCUT2D eigenvalue weighted by Gasteiger charge is -2.07. The molecule has 0 saturated heterocycles. The first kappa shape index (κ1) is 12.6. The van der Waals surface area contributed by atoms with Gasteiger partial charge < -0.3 is 4.74 Å². The van der Waals surface area contributed by atoms with Gasteiger partial charge in [0, 0.05) is 6.92 Å². The number of aromatic nitrogens is 1. The first-order valence-corrected chi connectivity index (χ1v) is 6.49. The molecular weight excluding hydrogens is 450 g/mol. The van der Waals surface area contributed by atoms with Gasteiger partial charge in [0.1, 0.15) is 4.60 Å². The summed E-state index contributed by atoms with van der Waals surface area (Å²) in [5, 5.41) is 0. The summed E-state index contributed by atoms with van der Waals surface area (Å²) in [5.41, 5.74) is 0. The first-order chi connectivity index (χ1) is 6.43. The van der Waals surface area contributed by atoms with Crippen LogP contribution < -0.4 is 4.74 Å². The van der Waals surface area contributed by atoms with Crippen LogP contribution in [0.5, 0.6) is 5.88 Å². The second kappa shape index (κ2) is 5.05. The van der Waals surface area contributed by atoms with Crippen LogP contribution in [0.3, 0.4) is 0 Å². The molecule has 3 nitrogen and oxygen atoms in total. The Balaban J connectivity index is 3.25. The van der Waals surface area contributed by atoms with Gasteiger partial charge in [0.05, 0.1) is 13.4 Å². The van der Waals surface area contributed by atoms with E-state index in [-0.39, 0.29) is 5.88 Å². The summed E-state index contributed by atoms with van der Waals surface area (Å²) in [6.45, 7) is 1.32. The molecule has 0 fully saturated rings. The number of nitrogens with zero attached hydrogens (tertiary/aromatic N) is 1. The first-order valence-electron chi connectivity index (χ1n) is 3.32. The van der Waals surface area contributed by atoms with Crippen molar-refractivity contribution in [2.45, 2.75) is 6.92 Å². The fourth-order valence-corrected chi connectivity index (χ4v) is 2.58. The third-order valence-corrected chi connectivity index (χ3v) is 5.67. The van der Waals surface area contributed by atoms with E-state index in [4.69, 9.17) is 4.74 Å². The van der Waals surface area contributed by atoms with Crippen LogP contribution in [0.15, 0.2) is 18.0 Å². The number of rotatable bonds is 1. The SMILES string of the molecule is CC(=O)Oc1nc(Br)c(Br)c(Br)c1Br. The predicted molar refractivity (Wildman–Crippen MR) is 66.3 cm³/mol. The molecule has 0 bridgehead atoms. The van der Waals surface area contributed by atoms with Crippen LogP contribution in [0.1, 0.15) is 6.92 Å². The van der Waals surface area contributed by atoms with Crippen molar-refractivity contribution >= 4 is 69.7 Å². The molecule has 76 valence electrons. The van der Waals surface area contributed by atoms with E-state index in [1.165, 1.54) is 6.92 Å². The number of hydrogen-bond donors (Lipinski definition) is 0. The third-order valence-electron chi connectivity index (χ3n) is 1.19. The van der Waals surface area contributed by atoms with Crippen molar-refractivity contribution in [3.63, 3.8) is 0 Å². The molecule has 14 heavy (non-hydrogen) atoms. The van der Waals surface area contributed by atoms with Crippen LogP contribution in [0.4, 0.5) is 0 Å². The molecule has 0 N–H and O–H groups in total. The highest BCUT2D eigenvalue weighted by Gasteiger charge is 2.15. The molecule has 0 amide bonds. The highest BCUT2D eigenvalue weighted by atomic mass is 79.9. The van der Waals surface area contributed by atoms with Gasteiger partial charge in [-0.15, -0.1) is 0 Å². The van der Waals surface area contributed by atoms with Gasteiger partial charge in [-0.3, -0.25) is 4.79 Å². The maximum Gasteiger partial charge on any atom is 0.309 e. The van der Waals surface area contributed by atoms with Crippen molar-refractivity contribution in [3.8, 4) is 5.88 Å². The van der Waals surface area contributed by atoms with Crippen LogP contribution in [-0.4, -0.2) is 11.0 Å². The molecule has 0 aromatic carbocycles. The highest BCUT2D eigenvalue weighted by Crippen LogP contribution is 2.40. The van der Waals surface area contributed by atoms with Crippen LogP contribution in [0.25, 0.3) is 0 Å². The van der Waals surface area contributed by atoms with E-state index >= 15 is 0 Å². The molecule has 1 heterocycles. The summed E-state index contributed by atoms with van der Waals surface area (Å²) in [4.78, 5) is 14.8. The number of halogens is 4. The summed E-state index contributed by atoms with van der Waals surface area (Å²) < 4.78 is 7.51. The zero-order chi connectivity index (χ0) is 10.9. The number of pyridine rings is 1. The number of hydrogen-bond acceptors (Lipinski definition) is 3.